The third kappa shape index (κ3) is 2.67. The molecule has 0 spiro atoms. The van der Waals surface area contributed by atoms with Gasteiger partial charge in [0.15, 0.2) is 11.5 Å². The number of fused-ring (bicyclic) bond motifs is 1. The average molecular weight is 291 g/mol. The number of para-hydroxylation sites is 2. The van der Waals surface area contributed by atoms with E-state index in [2.05, 4.69) is 10.3 Å². The number of halogens is 1. The van der Waals surface area contributed by atoms with Gasteiger partial charge in [0.05, 0.1) is 0 Å². The molecule has 6 heteroatoms. The van der Waals surface area contributed by atoms with Gasteiger partial charge in [-0.25, -0.2) is 4.98 Å². The number of carbonyl (C=O) groups is 1. The number of benzene rings is 1. The van der Waals surface area contributed by atoms with Crippen LogP contribution in [0.2, 0.25) is 5.15 Å². The Morgan fingerprint density at radius 1 is 1.20 bits per heavy atom. The number of ether oxygens (including phenoxy) is 2. The zero-order valence-corrected chi connectivity index (χ0v) is 11.1. The van der Waals surface area contributed by atoms with Gasteiger partial charge in [-0.1, -0.05) is 29.8 Å². The molecule has 1 aromatic carbocycles. The molecule has 5 nitrogen and oxygen atoms in total. The number of nitrogens with zero attached hydrogens (tertiary/aromatic N) is 1. The number of hydrogen-bond acceptors (Lipinski definition) is 4. The van der Waals surface area contributed by atoms with Gasteiger partial charge in [0.25, 0.3) is 5.91 Å². The molecule has 0 aliphatic carbocycles. The van der Waals surface area contributed by atoms with E-state index in [1.165, 1.54) is 0 Å². The summed E-state index contributed by atoms with van der Waals surface area (Å²) in [6, 6.07) is 12.2. The van der Waals surface area contributed by atoms with Crippen LogP contribution in [0.15, 0.2) is 42.5 Å². The van der Waals surface area contributed by atoms with Crippen LogP contribution in [0.3, 0.4) is 0 Å². The van der Waals surface area contributed by atoms with Crippen molar-refractivity contribution >= 4 is 23.3 Å². The lowest BCUT2D eigenvalue weighted by atomic mass is 10.2. The van der Waals surface area contributed by atoms with Crippen LogP contribution in [0.1, 0.15) is 0 Å². The highest BCUT2D eigenvalue weighted by Gasteiger charge is 2.27. The summed E-state index contributed by atoms with van der Waals surface area (Å²) in [7, 11) is 0. The molecule has 2 aromatic rings. The molecule has 2 heterocycles. The van der Waals surface area contributed by atoms with Crippen molar-refractivity contribution in [3.8, 4) is 11.5 Å². The van der Waals surface area contributed by atoms with E-state index in [0.29, 0.717) is 22.5 Å². The summed E-state index contributed by atoms with van der Waals surface area (Å²) >= 11 is 5.76. The van der Waals surface area contributed by atoms with E-state index >= 15 is 0 Å². The number of anilines is 1. The van der Waals surface area contributed by atoms with Gasteiger partial charge in [-0.3, -0.25) is 4.79 Å². The molecule has 0 saturated carbocycles. The van der Waals surface area contributed by atoms with Crippen LogP contribution < -0.4 is 14.8 Å². The third-order valence-electron chi connectivity index (χ3n) is 2.77. The molecule has 1 unspecified atom stereocenters. The molecule has 1 atom stereocenters. The zero-order chi connectivity index (χ0) is 13.9. The maximum atomic E-state index is 12.1. The molecule has 20 heavy (non-hydrogen) atoms. The van der Waals surface area contributed by atoms with E-state index in [-0.39, 0.29) is 12.5 Å². The van der Waals surface area contributed by atoms with Crippen molar-refractivity contribution in [1.29, 1.82) is 0 Å². The molecular weight excluding hydrogens is 280 g/mol. The van der Waals surface area contributed by atoms with Crippen molar-refractivity contribution in [2.24, 2.45) is 0 Å². The monoisotopic (exact) mass is 290 g/mol. The Morgan fingerprint density at radius 3 is 2.80 bits per heavy atom. The smallest absolute Gasteiger partial charge is 0.270 e. The first-order valence-electron chi connectivity index (χ1n) is 6.04. The molecule has 1 amide bonds. The second-order valence-electron chi connectivity index (χ2n) is 4.20. The topological polar surface area (TPSA) is 60.5 Å². The molecule has 0 bridgehead atoms. The summed E-state index contributed by atoms with van der Waals surface area (Å²) in [6.07, 6.45) is -0.717. The Labute approximate surface area is 120 Å². The molecule has 0 radical (unpaired) electrons. The molecule has 1 aromatic heterocycles. The van der Waals surface area contributed by atoms with Gasteiger partial charge in [0.2, 0.25) is 6.10 Å². The Bertz CT molecular complexity index is 648. The lowest BCUT2D eigenvalue weighted by molar-refractivity contribution is -0.125. The summed E-state index contributed by atoms with van der Waals surface area (Å²) < 4.78 is 11.1. The second kappa shape index (κ2) is 5.38. The summed E-state index contributed by atoms with van der Waals surface area (Å²) in [4.78, 5) is 16.1. The van der Waals surface area contributed by atoms with Gasteiger partial charge < -0.3 is 14.8 Å². The summed E-state index contributed by atoms with van der Waals surface area (Å²) in [5.41, 5.74) is 0. The van der Waals surface area contributed by atoms with Crippen molar-refractivity contribution in [2.75, 3.05) is 11.9 Å². The molecular formula is C14H11ClN2O3. The standard InChI is InChI=1S/C14H11ClN2O3/c15-12-6-3-7-13(16-12)17-14(18)11-8-19-9-4-1-2-5-10(9)20-11/h1-7,11H,8H2,(H,16,17,18). The van der Waals surface area contributed by atoms with Gasteiger partial charge >= 0.3 is 0 Å². The van der Waals surface area contributed by atoms with E-state index in [4.69, 9.17) is 21.1 Å². The van der Waals surface area contributed by atoms with Gasteiger partial charge in [0, 0.05) is 0 Å². The quantitative estimate of drug-likeness (QED) is 0.863. The van der Waals surface area contributed by atoms with Crippen molar-refractivity contribution in [3.05, 3.63) is 47.6 Å². The van der Waals surface area contributed by atoms with Gasteiger partial charge in [-0.15, -0.1) is 0 Å². The number of carbonyl (C=O) groups excluding carboxylic acids is 1. The fourth-order valence-corrected chi connectivity index (χ4v) is 2.00. The second-order valence-corrected chi connectivity index (χ2v) is 4.59. The SMILES string of the molecule is O=C(Nc1cccc(Cl)n1)C1COc2ccccc2O1. The van der Waals surface area contributed by atoms with E-state index < -0.39 is 6.10 Å². The maximum absolute atomic E-state index is 12.1. The van der Waals surface area contributed by atoms with E-state index in [0.717, 1.165) is 0 Å². The minimum atomic E-state index is -0.717. The largest absolute Gasteiger partial charge is 0.485 e. The molecule has 0 fully saturated rings. The van der Waals surface area contributed by atoms with Crippen LogP contribution in [-0.4, -0.2) is 23.6 Å². The Balaban J connectivity index is 1.70. The first-order valence-corrected chi connectivity index (χ1v) is 6.42. The lowest BCUT2D eigenvalue weighted by Crippen LogP contribution is -2.40. The summed E-state index contributed by atoms with van der Waals surface area (Å²) in [6.45, 7) is 0.156. The first-order chi connectivity index (χ1) is 9.72. The molecule has 1 aliphatic heterocycles. The maximum Gasteiger partial charge on any atom is 0.270 e. The highest BCUT2D eigenvalue weighted by atomic mass is 35.5. The Kier molecular flexibility index (Phi) is 3.43. The zero-order valence-electron chi connectivity index (χ0n) is 10.4. The number of pyridine rings is 1. The minimum Gasteiger partial charge on any atom is -0.485 e. The van der Waals surface area contributed by atoms with Gasteiger partial charge in [-0.2, -0.15) is 0 Å². The van der Waals surface area contributed by atoms with Crippen molar-refractivity contribution in [3.63, 3.8) is 0 Å². The third-order valence-corrected chi connectivity index (χ3v) is 2.98. The highest BCUT2D eigenvalue weighted by Crippen LogP contribution is 2.31. The van der Waals surface area contributed by atoms with E-state index in [1.54, 1.807) is 30.3 Å². The van der Waals surface area contributed by atoms with Crippen molar-refractivity contribution < 1.29 is 14.3 Å². The minimum absolute atomic E-state index is 0.156. The van der Waals surface area contributed by atoms with Crippen LogP contribution >= 0.6 is 11.6 Å². The fourth-order valence-electron chi connectivity index (χ4n) is 1.83. The molecule has 3 rings (SSSR count). The average Bonchev–Trinajstić information content (AvgIpc) is 2.47. The molecule has 1 aliphatic rings. The fraction of sp³-hybridized carbons (Fsp3) is 0.143. The van der Waals surface area contributed by atoms with Crippen molar-refractivity contribution in [1.82, 2.24) is 4.98 Å². The number of aromatic nitrogens is 1. The molecule has 102 valence electrons. The van der Waals surface area contributed by atoms with Gasteiger partial charge in [-0.05, 0) is 24.3 Å². The number of rotatable bonds is 2. The van der Waals surface area contributed by atoms with E-state index in [9.17, 15) is 4.79 Å². The summed E-state index contributed by atoms with van der Waals surface area (Å²) in [5, 5.41) is 2.96. The number of amides is 1. The number of nitrogens with one attached hydrogen (secondary N) is 1. The van der Waals surface area contributed by atoms with Crippen LogP contribution in [-0.2, 0) is 4.79 Å². The van der Waals surface area contributed by atoms with Crippen molar-refractivity contribution in [2.45, 2.75) is 6.10 Å². The predicted octanol–water partition coefficient (Wildman–Crippen LogP) is 2.51. The molecule has 1 N–H and O–H groups in total. The van der Waals surface area contributed by atoms with Gasteiger partial charge in [0.1, 0.15) is 17.6 Å². The summed E-state index contributed by atoms with van der Waals surface area (Å²) in [5.74, 6) is 1.25. The van der Waals surface area contributed by atoms with E-state index in [1.807, 2.05) is 12.1 Å². The lowest BCUT2D eigenvalue weighted by Gasteiger charge is -2.25. The first kappa shape index (κ1) is 12.7. The van der Waals surface area contributed by atoms with Crippen LogP contribution in [0.25, 0.3) is 0 Å². The highest BCUT2D eigenvalue weighted by molar-refractivity contribution is 6.29. The Hall–Kier alpha value is -2.27. The van der Waals surface area contributed by atoms with Crippen LogP contribution in [0.5, 0.6) is 11.5 Å². The van der Waals surface area contributed by atoms with Crippen LogP contribution in [0.4, 0.5) is 5.82 Å². The normalized spacial score (nSPS) is 16.6. The van der Waals surface area contributed by atoms with Crippen LogP contribution in [0, 0.1) is 0 Å². The Morgan fingerprint density at radius 2 is 2.00 bits per heavy atom. The predicted molar refractivity (Wildman–Crippen MR) is 74.2 cm³/mol. The molecule has 0 saturated heterocycles. The number of hydrogen-bond donors (Lipinski definition) is 1.